The number of esters is 1. The topological polar surface area (TPSA) is 109 Å². The Morgan fingerprint density at radius 1 is 1.07 bits per heavy atom. The minimum atomic E-state index is -4.12. The van der Waals surface area contributed by atoms with Crippen molar-refractivity contribution < 1.29 is 22.7 Å². The summed E-state index contributed by atoms with van der Waals surface area (Å²) in [5.74, 6) is -1.19. The summed E-state index contributed by atoms with van der Waals surface area (Å²) in [7, 11) is -2.81. The van der Waals surface area contributed by atoms with Gasteiger partial charge in [0.1, 0.15) is 10.5 Å². The summed E-state index contributed by atoms with van der Waals surface area (Å²) in [5, 5.41) is 2.79. The zero-order valence-corrected chi connectivity index (χ0v) is 19.3. The molecule has 0 aliphatic heterocycles. The zero-order valence-electron chi connectivity index (χ0n) is 18.5. The normalized spacial score (nSPS) is 11.6. The Hall–Kier alpha value is -2.65. The molecule has 1 amide bonds. The number of aryl methyl sites for hydroxylation is 5. The molecule has 0 saturated carbocycles. The molecule has 0 saturated heterocycles. The summed E-state index contributed by atoms with van der Waals surface area (Å²) in [6, 6.07) is 3.89. The predicted octanol–water partition coefficient (Wildman–Crippen LogP) is 2.99. The van der Waals surface area contributed by atoms with E-state index >= 15 is 0 Å². The molecule has 2 rings (SSSR count). The van der Waals surface area contributed by atoms with Crippen molar-refractivity contribution in [2.75, 3.05) is 25.5 Å². The van der Waals surface area contributed by atoms with Crippen molar-refractivity contribution in [1.29, 1.82) is 0 Å². The van der Waals surface area contributed by atoms with Crippen LogP contribution in [-0.4, -0.2) is 49.8 Å². The fourth-order valence-corrected chi connectivity index (χ4v) is 5.06. The molecule has 164 valence electrons. The van der Waals surface area contributed by atoms with Crippen molar-refractivity contribution in [2.24, 2.45) is 0 Å². The molecular formula is C21H29N3O5S. The number of benzene rings is 1. The number of amides is 1. The first-order valence-corrected chi connectivity index (χ1v) is 11.0. The van der Waals surface area contributed by atoms with Crippen molar-refractivity contribution in [3.63, 3.8) is 0 Å². The van der Waals surface area contributed by atoms with E-state index in [1.807, 2.05) is 32.9 Å². The summed E-state index contributed by atoms with van der Waals surface area (Å²) < 4.78 is 32.3. The van der Waals surface area contributed by atoms with Crippen LogP contribution < -0.4 is 5.32 Å². The Morgan fingerprint density at radius 2 is 1.63 bits per heavy atom. The van der Waals surface area contributed by atoms with Crippen molar-refractivity contribution in [1.82, 2.24) is 9.29 Å². The number of likely N-dealkylation sites (N-methyl/N-ethyl adjacent to an activating group) is 1. The summed E-state index contributed by atoms with van der Waals surface area (Å²) in [6.45, 7) is 10.3. The third-order valence-corrected chi connectivity index (χ3v) is 6.75. The van der Waals surface area contributed by atoms with Crippen LogP contribution in [0.5, 0.6) is 0 Å². The van der Waals surface area contributed by atoms with Crippen molar-refractivity contribution in [3.05, 3.63) is 45.8 Å². The standard InChI is InChI=1S/C21H29N3O5S/c1-8-29-21(26)18-15(5)22-16(6)20(18)30(27,28)24(7)11-17(25)23-19-13(3)9-12(2)10-14(19)4/h9-10,22H,8,11H2,1-7H3,(H,23,25). The minimum Gasteiger partial charge on any atom is -0.462 e. The zero-order chi connectivity index (χ0) is 22.8. The molecule has 8 nitrogen and oxygen atoms in total. The Labute approximate surface area is 177 Å². The Morgan fingerprint density at radius 3 is 2.17 bits per heavy atom. The molecular weight excluding hydrogens is 406 g/mol. The quantitative estimate of drug-likeness (QED) is 0.650. The number of hydrogen-bond donors (Lipinski definition) is 2. The van der Waals surface area contributed by atoms with Gasteiger partial charge in [-0.05, 0) is 52.7 Å². The number of hydrogen-bond acceptors (Lipinski definition) is 5. The molecule has 1 heterocycles. The van der Waals surface area contributed by atoms with E-state index in [4.69, 9.17) is 4.74 Å². The first-order chi connectivity index (χ1) is 13.9. The van der Waals surface area contributed by atoms with Crippen LogP contribution in [0.3, 0.4) is 0 Å². The number of ether oxygens (including phenoxy) is 1. The van der Waals surface area contributed by atoms with Crippen molar-refractivity contribution >= 4 is 27.6 Å². The van der Waals surface area contributed by atoms with E-state index in [0.717, 1.165) is 21.0 Å². The predicted molar refractivity (Wildman–Crippen MR) is 115 cm³/mol. The SMILES string of the molecule is CCOC(=O)c1c(C)[nH]c(C)c1S(=O)(=O)N(C)CC(=O)Nc1c(C)cc(C)cc1C. The van der Waals surface area contributed by atoms with E-state index in [0.29, 0.717) is 17.1 Å². The molecule has 0 fully saturated rings. The van der Waals surface area contributed by atoms with Gasteiger partial charge in [0, 0.05) is 24.1 Å². The average molecular weight is 436 g/mol. The molecule has 1 aromatic heterocycles. The lowest BCUT2D eigenvalue weighted by atomic mass is 10.1. The second kappa shape index (κ2) is 9.01. The van der Waals surface area contributed by atoms with E-state index in [1.165, 1.54) is 7.05 Å². The van der Waals surface area contributed by atoms with E-state index in [9.17, 15) is 18.0 Å². The van der Waals surface area contributed by atoms with Gasteiger partial charge in [0.05, 0.1) is 13.2 Å². The molecule has 2 aromatic rings. The molecule has 0 atom stereocenters. The second-order valence-electron chi connectivity index (χ2n) is 7.38. The lowest BCUT2D eigenvalue weighted by molar-refractivity contribution is -0.116. The summed E-state index contributed by atoms with van der Waals surface area (Å²) in [4.78, 5) is 27.6. The second-order valence-corrected chi connectivity index (χ2v) is 9.36. The Balaban J connectivity index is 2.30. The number of carbonyl (C=O) groups is 2. The van der Waals surface area contributed by atoms with Gasteiger partial charge in [0.2, 0.25) is 15.9 Å². The van der Waals surface area contributed by atoms with Gasteiger partial charge in [0.15, 0.2) is 0 Å². The van der Waals surface area contributed by atoms with Crippen LogP contribution in [0.25, 0.3) is 0 Å². The molecule has 0 aliphatic rings. The van der Waals surface area contributed by atoms with Gasteiger partial charge in [-0.2, -0.15) is 4.31 Å². The molecule has 0 unspecified atom stereocenters. The first kappa shape index (κ1) is 23.6. The molecule has 0 radical (unpaired) electrons. The highest BCUT2D eigenvalue weighted by atomic mass is 32.2. The Kier molecular flexibility index (Phi) is 7.10. The fraction of sp³-hybridized carbons (Fsp3) is 0.429. The number of sulfonamides is 1. The molecule has 0 spiro atoms. The minimum absolute atomic E-state index is 0.0353. The maximum Gasteiger partial charge on any atom is 0.341 e. The largest absolute Gasteiger partial charge is 0.462 e. The third-order valence-electron chi connectivity index (χ3n) is 4.77. The van der Waals surface area contributed by atoms with Gasteiger partial charge >= 0.3 is 5.97 Å². The number of aromatic nitrogens is 1. The van der Waals surface area contributed by atoms with E-state index in [-0.39, 0.29) is 17.1 Å². The van der Waals surface area contributed by atoms with E-state index < -0.39 is 28.4 Å². The maximum atomic E-state index is 13.2. The molecule has 30 heavy (non-hydrogen) atoms. The molecule has 9 heteroatoms. The number of nitrogens with one attached hydrogen (secondary N) is 2. The highest BCUT2D eigenvalue weighted by Gasteiger charge is 2.33. The summed E-state index contributed by atoms with van der Waals surface area (Å²) in [6.07, 6.45) is 0. The first-order valence-electron chi connectivity index (χ1n) is 9.60. The molecule has 0 bridgehead atoms. The molecule has 1 aromatic carbocycles. The van der Waals surface area contributed by atoms with Crippen LogP contribution in [0.2, 0.25) is 0 Å². The molecule has 2 N–H and O–H groups in total. The number of aromatic amines is 1. The maximum absolute atomic E-state index is 13.2. The highest BCUT2D eigenvalue weighted by Crippen LogP contribution is 2.27. The van der Waals surface area contributed by atoms with Gasteiger partial charge in [0.25, 0.3) is 0 Å². The Bertz CT molecular complexity index is 1060. The number of rotatable bonds is 7. The average Bonchev–Trinajstić information content (AvgIpc) is 2.92. The van der Waals surface area contributed by atoms with E-state index in [2.05, 4.69) is 10.3 Å². The van der Waals surface area contributed by atoms with Gasteiger partial charge in [-0.1, -0.05) is 17.7 Å². The number of anilines is 1. The monoisotopic (exact) mass is 435 g/mol. The van der Waals surface area contributed by atoms with Gasteiger partial charge in [-0.15, -0.1) is 0 Å². The van der Waals surface area contributed by atoms with Gasteiger partial charge in [-0.25, -0.2) is 13.2 Å². The van der Waals surface area contributed by atoms with Crippen LogP contribution in [0.4, 0.5) is 5.69 Å². The van der Waals surface area contributed by atoms with Gasteiger partial charge in [-0.3, -0.25) is 4.79 Å². The van der Waals surface area contributed by atoms with Crippen LogP contribution in [0, 0.1) is 34.6 Å². The van der Waals surface area contributed by atoms with Crippen LogP contribution in [0.15, 0.2) is 17.0 Å². The number of H-pyrrole nitrogens is 1. The lowest BCUT2D eigenvalue weighted by Gasteiger charge is -2.19. The summed E-state index contributed by atoms with van der Waals surface area (Å²) in [5.41, 5.74) is 4.21. The van der Waals surface area contributed by atoms with Gasteiger partial charge < -0.3 is 15.0 Å². The smallest absolute Gasteiger partial charge is 0.341 e. The number of carbonyl (C=O) groups excluding carboxylic acids is 2. The van der Waals surface area contributed by atoms with Crippen LogP contribution >= 0.6 is 0 Å². The van der Waals surface area contributed by atoms with Crippen LogP contribution in [-0.2, 0) is 19.6 Å². The fourth-order valence-electron chi connectivity index (χ4n) is 3.53. The summed E-state index contributed by atoms with van der Waals surface area (Å²) >= 11 is 0. The van der Waals surface area contributed by atoms with E-state index in [1.54, 1.807) is 20.8 Å². The third kappa shape index (κ3) is 4.73. The van der Waals surface area contributed by atoms with Crippen molar-refractivity contribution in [2.45, 2.75) is 46.4 Å². The highest BCUT2D eigenvalue weighted by molar-refractivity contribution is 7.89. The van der Waals surface area contributed by atoms with Crippen LogP contribution in [0.1, 0.15) is 45.4 Å². The van der Waals surface area contributed by atoms with Crippen molar-refractivity contribution in [3.8, 4) is 0 Å². The lowest BCUT2D eigenvalue weighted by Crippen LogP contribution is -2.36. The number of nitrogens with zero attached hydrogens (tertiary/aromatic N) is 1. The molecule has 0 aliphatic carbocycles.